The lowest BCUT2D eigenvalue weighted by Gasteiger charge is -2.13. The van der Waals surface area contributed by atoms with E-state index in [2.05, 4.69) is 10.3 Å². The Balaban J connectivity index is 0.00000312. The molecule has 0 aliphatic heterocycles. The van der Waals surface area contributed by atoms with Gasteiger partial charge >= 0.3 is 0 Å². The third-order valence-electron chi connectivity index (χ3n) is 3.29. The fourth-order valence-electron chi connectivity index (χ4n) is 1.95. The zero-order valence-corrected chi connectivity index (χ0v) is 17.4. The van der Waals surface area contributed by atoms with E-state index in [1.54, 1.807) is 42.4 Å². The smallest absolute Gasteiger partial charge is 0.241 e. The number of anilines is 1. The van der Waals surface area contributed by atoms with Gasteiger partial charge in [0.25, 0.3) is 0 Å². The molecule has 0 saturated heterocycles. The molecule has 0 aliphatic rings. The zero-order valence-electron chi connectivity index (χ0n) is 14.2. The number of pyridine rings is 1. The fourth-order valence-corrected chi connectivity index (χ4v) is 2.68. The maximum Gasteiger partial charge on any atom is 0.241 e. The number of carbonyl (C=O) groups excluding carboxylic acids is 1. The van der Waals surface area contributed by atoms with E-state index >= 15 is 0 Å². The molecule has 26 heavy (non-hydrogen) atoms. The maximum absolute atomic E-state index is 12.0. The molecule has 0 radical (unpaired) electrons. The zero-order chi connectivity index (χ0) is 17.4. The van der Waals surface area contributed by atoms with Crippen LogP contribution in [0, 0.1) is 0 Å². The molecule has 9 heteroatoms. The van der Waals surface area contributed by atoms with Crippen LogP contribution in [0.2, 0.25) is 5.02 Å². The summed E-state index contributed by atoms with van der Waals surface area (Å²) in [4.78, 5) is 16.0. The highest BCUT2D eigenvalue weighted by Crippen LogP contribution is 2.28. The SMILES string of the molecule is CSCC[C@H](N)C(=O)Nc1ccc(OCc2cccnc2)c(Cl)c1.Cl.Cl. The Morgan fingerprint density at radius 2 is 2.15 bits per heavy atom. The van der Waals surface area contributed by atoms with Crippen molar-refractivity contribution in [3.63, 3.8) is 0 Å². The van der Waals surface area contributed by atoms with Gasteiger partial charge in [0.05, 0.1) is 11.1 Å². The van der Waals surface area contributed by atoms with Gasteiger partial charge in [0.2, 0.25) is 5.91 Å². The second-order valence-electron chi connectivity index (χ2n) is 5.17. The Kier molecular flexibility index (Phi) is 12.5. The average molecular weight is 439 g/mol. The van der Waals surface area contributed by atoms with Gasteiger partial charge in [-0.3, -0.25) is 9.78 Å². The van der Waals surface area contributed by atoms with Crippen molar-refractivity contribution in [2.75, 3.05) is 17.3 Å². The lowest BCUT2D eigenvalue weighted by molar-refractivity contribution is -0.117. The van der Waals surface area contributed by atoms with Crippen LogP contribution in [-0.4, -0.2) is 28.9 Å². The van der Waals surface area contributed by atoms with Gasteiger partial charge in [-0.15, -0.1) is 24.8 Å². The number of rotatable bonds is 8. The number of ether oxygens (including phenoxy) is 1. The number of nitrogens with two attached hydrogens (primary N) is 1. The van der Waals surface area contributed by atoms with Crippen molar-refractivity contribution < 1.29 is 9.53 Å². The van der Waals surface area contributed by atoms with E-state index in [1.807, 2.05) is 18.4 Å². The van der Waals surface area contributed by atoms with Crippen molar-refractivity contribution in [2.45, 2.75) is 19.1 Å². The molecule has 1 heterocycles. The van der Waals surface area contributed by atoms with Crippen LogP contribution in [0.5, 0.6) is 5.75 Å². The Morgan fingerprint density at radius 3 is 2.77 bits per heavy atom. The molecular formula is C17H22Cl3N3O2S. The Hall–Kier alpha value is -1.18. The largest absolute Gasteiger partial charge is 0.487 e. The van der Waals surface area contributed by atoms with E-state index in [-0.39, 0.29) is 30.7 Å². The second-order valence-corrected chi connectivity index (χ2v) is 6.57. The van der Waals surface area contributed by atoms with Gasteiger partial charge in [-0.25, -0.2) is 0 Å². The number of amides is 1. The standard InChI is InChI=1S/C17H20ClN3O2S.2ClH/c1-24-8-6-15(19)17(22)21-13-4-5-16(14(18)9-13)23-11-12-3-2-7-20-10-12;;/h2-5,7,9-10,15H,6,8,11,19H2,1H3,(H,21,22);2*1H/t15-;;/m0../s1. The molecule has 3 N–H and O–H groups in total. The molecule has 0 bridgehead atoms. The summed E-state index contributed by atoms with van der Waals surface area (Å²) >= 11 is 7.88. The minimum absolute atomic E-state index is 0. The number of nitrogens with zero attached hydrogens (tertiary/aromatic N) is 1. The molecule has 5 nitrogen and oxygen atoms in total. The van der Waals surface area contributed by atoms with Crippen LogP contribution in [0.1, 0.15) is 12.0 Å². The predicted octanol–water partition coefficient (Wildman–Crippen LogP) is 4.18. The molecule has 1 amide bonds. The lowest BCUT2D eigenvalue weighted by atomic mass is 10.2. The minimum Gasteiger partial charge on any atom is -0.487 e. The van der Waals surface area contributed by atoms with Crippen LogP contribution in [-0.2, 0) is 11.4 Å². The molecule has 0 aliphatic carbocycles. The van der Waals surface area contributed by atoms with Gasteiger partial charge in [-0.2, -0.15) is 11.8 Å². The van der Waals surface area contributed by atoms with Crippen LogP contribution in [0.15, 0.2) is 42.7 Å². The van der Waals surface area contributed by atoms with Crippen LogP contribution in [0.3, 0.4) is 0 Å². The first-order valence-corrected chi connectivity index (χ1v) is 9.24. The highest BCUT2D eigenvalue weighted by molar-refractivity contribution is 7.98. The molecule has 0 unspecified atom stereocenters. The minimum atomic E-state index is -0.530. The Bertz CT molecular complexity index is 678. The molecule has 1 atom stereocenters. The summed E-state index contributed by atoms with van der Waals surface area (Å²) in [6.45, 7) is 0.374. The molecular weight excluding hydrogens is 417 g/mol. The van der Waals surface area contributed by atoms with Crippen LogP contribution in [0.4, 0.5) is 5.69 Å². The number of hydrogen-bond donors (Lipinski definition) is 2. The summed E-state index contributed by atoms with van der Waals surface area (Å²) in [7, 11) is 0. The number of nitrogens with one attached hydrogen (secondary N) is 1. The summed E-state index contributed by atoms with van der Waals surface area (Å²) < 4.78 is 5.67. The Labute approximate surface area is 175 Å². The van der Waals surface area contributed by atoms with Gasteiger partial charge in [0.1, 0.15) is 12.4 Å². The predicted molar refractivity (Wildman–Crippen MR) is 114 cm³/mol. The normalized spacial score (nSPS) is 10.9. The van der Waals surface area contributed by atoms with Crippen molar-refractivity contribution in [1.29, 1.82) is 0 Å². The maximum atomic E-state index is 12.0. The third kappa shape index (κ3) is 8.01. The number of aromatic nitrogens is 1. The van der Waals surface area contributed by atoms with Gasteiger partial charge in [-0.1, -0.05) is 17.7 Å². The Morgan fingerprint density at radius 1 is 1.38 bits per heavy atom. The van der Waals surface area contributed by atoms with Crippen LogP contribution >= 0.6 is 48.2 Å². The van der Waals surface area contributed by atoms with E-state index in [4.69, 9.17) is 22.1 Å². The highest BCUT2D eigenvalue weighted by Gasteiger charge is 2.14. The molecule has 0 saturated carbocycles. The fraction of sp³-hybridized carbons (Fsp3) is 0.294. The van der Waals surface area contributed by atoms with Crippen molar-refractivity contribution in [2.24, 2.45) is 5.73 Å². The highest BCUT2D eigenvalue weighted by atomic mass is 35.5. The van der Waals surface area contributed by atoms with Crippen LogP contribution in [0.25, 0.3) is 0 Å². The third-order valence-corrected chi connectivity index (χ3v) is 4.23. The molecule has 2 rings (SSSR count). The van der Waals surface area contributed by atoms with E-state index < -0.39 is 6.04 Å². The monoisotopic (exact) mass is 437 g/mol. The van der Waals surface area contributed by atoms with E-state index in [0.29, 0.717) is 29.5 Å². The average Bonchev–Trinajstić information content (AvgIpc) is 2.59. The quantitative estimate of drug-likeness (QED) is 0.646. The lowest BCUT2D eigenvalue weighted by Crippen LogP contribution is -2.36. The van der Waals surface area contributed by atoms with Gasteiger partial charge in [0, 0.05) is 23.6 Å². The van der Waals surface area contributed by atoms with Crippen molar-refractivity contribution in [1.82, 2.24) is 4.98 Å². The number of halogens is 3. The number of carbonyl (C=O) groups is 1. The molecule has 1 aromatic heterocycles. The van der Waals surface area contributed by atoms with Crippen molar-refractivity contribution >= 4 is 59.8 Å². The molecule has 0 spiro atoms. The van der Waals surface area contributed by atoms with Gasteiger partial charge < -0.3 is 15.8 Å². The molecule has 2 aromatic rings. The summed E-state index contributed by atoms with van der Waals surface area (Å²) in [6, 6.07) is 8.35. The van der Waals surface area contributed by atoms with E-state index in [1.165, 1.54) is 0 Å². The number of hydrogen-bond acceptors (Lipinski definition) is 5. The van der Waals surface area contributed by atoms with E-state index in [0.717, 1.165) is 11.3 Å². The summed E-state index contributed by atoms with van der Waals surface area (Å²) in [5, 5.41) is 3.19. The van der Waals surface area contributed by atoms with Gasteiger partial charge in [-0.05, 0) is 42.7 Å². The molecule has 0 fully saturated rings. The summed E-state index contributed by atoms with van der Waals surface area (Å²) in [6.07, 6.45) is 6.05. The first-order chi connectivity index (χ1) is 11.6. The first kappa shape index (κ1) is 24.8. The molecule has 1 aromatic carbocycles. The van der Waals surface area contributed by atoms with E-state index in [9.17, 15) is 4.79 Å². The number of thioether (sulfide) groups is 1. The second kappa shape index (κ2) is 13.1. The van der Waals surface area contributed by atoms with Gasteiger partial charge in [0.15, 0.2) is 0 Å². The van der Waals surface area contributed by atoms with Crippen molar-refractivity contribution in [3.8, 4) is 5.75 Å². The summed E-state index contributed by atoms with van der Waals surface area (Å²) in [5.74, 6) is 1.17. The summed E-state index contributed by atoms with van der Waals surface area (Å²) in [5.41, 5.74) is 7.39. The van der Waals surface area contributed by atoms with Crippen molar-refractivity contribution in [3.05, 3.63) is 53.3 Å². The van der Waals surface area contributed by atoms with Crippen LogP contribution < -0.4 is 15.8 Å². The number of benzene rings is 1. The first-order valence-electron chi connectivity index (χ1n) is 7.47. The molecule has 144 valence electrons. The topological polar surface area (TPSA) is 77.2 Å².